The smallest absolute Gasteiger partial charge is 0.138 e. The standard InChI is InChI=1S/C10H13ClFNO/c1-13-5-2-6-14-10-4-3-8(12)7-9(10)11/h3-4,7,13H,2,5-6H2,1H3. The highest BCUT2D eigenvalue weighted by molar-refractivity contribution is 6.32. The number of halogens is 2. The fourth-order valence-corrected chi connectivity index (χ4v) is 1.25. The van der Waals surface area contributed by atoms with Crippen molar-refractivity contribution in [2.24, 2.45) is 0 Å². The molecule has 0 atom stereocenters. The van der Waals surface area contributed by atoms with Crippen LogP contribution in [0.3, 0.4) is 0 Å². The lowest BCUT2D eigenvalue weighted by Crippen LogP contribution is -2.11. The zero-order valence-corrected chi connectivity index (χ0v) is 8.77. The molecule has 0 heterocycles. The van der Waals surface area contributed by atoms with Gasteiger partial charge in [-0.25, -0.2) is 4.39 Å². The van der Waals surface area contributed by atoms with Gasteiger partial charge in [-0.2, -0.15) is 0 Å². The van der Waals surface area contributed by atoms with Gasteiger partial charge < -0.3 is 10.1 Å². The first kappa shape index (κ1) is 11.3. The largest absolute Gasteiger partial charge is 0.492 e. The molecule has 0 saturated carbocycles. The molecular formula is C10H13ClFNO. The Morgan fingerprint density at radius 3 is 2.93 bits per heavy atom. The van der Waals surface area contributed by atoms with E-state index in [0.717, 1.165) is 13.0 Å². The number of nitrogens with one attached hydrogen (secondary N) is 1. The lowest BCUT2D eigenvalue weighted by Gasteiger charge is -2.07. The van der Waals surface area contributed by atoms with Crippen molar-refractivity contribution < 1.29 is 9.13 Å². The first-order chi connectivity index (χ1) is 6.74. The molecule has 0 aliphatic heterocycles. The molecule has 0 bridgehead atoms. The van der Waals surface area contributed by atoms with Crippen molar-refractivity contribution in [3.63, 3.8) is 0 Å². The van der Waals surface area contributed by atoms with E-state index in [9.17, 15) is 4.39 Å². The number of ether oxygens (including phenoxy) is 1. The molecule has 1 rings (SSSR count). The average molecular weight is 218 g/mol. The van der Waals surface area contributed by atoms with E-state index in [1.807, 2.05) is 7.05 Å². The maximum atomic E-state index is 12.6. The maximum Gasteiger partial charge on any atom is 0.138 e. The quantitative estimate of drug-likeness (QED) is 0.766. The van der Waals surface area contributed by atoms with Crippen LogP contribution in [0.2, 0.25) is 5.02 Å². The van der Waals surface area contributed by atoms with Gasteiger partial charge in [0.05, 0.1) is 11.6 Å². The average Bonchev–Trinajstić information content (AvgIpc) is 2.15. The Morgan fingerprint density at radius 2 is 2.29 bits per heavy atom. The van der Waals surface area contributed by atoms with Crippen LogP contribution in [0.15, 0.2) is 18.2 Å². The number of hydrogen-bond acceptors (Lipinski definition) is 2. The summed E-state index contributed by atoms with van der Waals surface area (Å²) in [5, 5.41) is 3.32. The zero-order chi connectivity index (χ0) is 10.4. The highest BCUT2D eigenvalue weighted by Gasteiger charge is 2.01. The van der Waals surface area contributed by atoms with E-state index < -0.39 is 0 Å². The maximum absolute atomic E-state index is 12.6. The second-order valence-corrected chi connectivity index (χ2v) is 3.29. The highest BCUT2D eigenvalue weighted by Crippen LogP contribution is 2.24. The minimum absolute atomic E-state index is 0.314. The van der Waals surface area contributed by atoms with Crippen LogP contribution in [0, 0.1) is 5.82 Å². The lowest BCUT2D eigenvalue weighted by atomic mass is 10.3. The Kier molecular flexibility index (Phi) is 4.70. The van der Waals surface area contributed by atoms with Crippen molar-refractivity contribution in [2.45, 2.75) is 6.42 Å². The molecular weight excluding hydrogens is 205 g/mol. The van der Waals surface area contributed by atoms with Gasteiger partial charge in [-0.1, -0.05) is 11.6 Å². The van der Waals surface area contributed by atoms with E-state index in [2.05, 4.69) is 5.32 Å². The summed E-state index contributed by atoms with van der Waals surface area (Å²) in [5.74, 6) is 0.182. The zero-order valence-electron chi connectivity index (χ0n) is 8.02. The molecule has 0 amide bonds. The summed E-state index contributed by atoms with van der Waals surface area (Å²) in [6, 6.07) is 4.12. The molecule has 1 N–H and O–H groups in total. The third kappa shape index (κ3) is 3.52. The van der Waals surface area contributed by atoms with E-state index in [0.29, 0.717) is 17.4 Å². The van der Waals surface area contributed by atoms with E-state index in [4.69, 9.17) is 16.3 Å². The monoisotopic (exact) mass is 217 g/mol. The molecule has 0 radical (unpaired) electrons. The molecule has 4 heteroatoms. The predicted octanol–water partition coefficient (Wildman–Crippen LogP) is 2.47. The fraction of sp³-hybridized carbons (Fsp3) is 0.400. The van der Waals surface area contributed by atoms with Gasteiger partial charge in [0, 0.05) is 0 Å². The molecule has 1 aromatic rings. The van der Waals surface area contributed by atoms with Crippen LogP contribution < -0.4 is 10.1 Å². The van der Waals surface area contributed by atoms with Gasteiger partial charge >= 0.3 is 0 Å². The normalized spacial score (nSPS) is 10.2. The van der Waals surface area contributed by atoms with Gasteiger partial charge in [0.2, 0.25) is 0 Å². The SMILES string of the molecule is CNCCCOc1ccc(F)cc1Cl. The lowest BCUT2D eigenvalue weighted by molar-refractivity contribution is 0.309. The molecule has 1 aromatic carbocycles. The summed E-state index contributed by atoms with van der Waals surface area (Å²) in [6.45, 7) is 1.46. The van der Waals surface area contributed by atoms with Crippen LogP contribution in [-0.2, 0) is 0 Å². The van der Waals surface area contributed by atoms with Crippen molar-refractivity contribution >= 4 is 11.6 Å². The molecule has 0 fully saturated rings. The predicted molar refractivity (Wildman–Crippen MR) is 55.4 cm³/mol. The van der Waals surface area contributed by atoms with Gasteiger partial charge in [-0.15, -0.1) is 0 Å². The molecule has 0 aliphatic carbocycles. The number of benzene rings is 1. The minimum atomic E-state index is -0.349. The molecule has 0 aliphatic rings. The topological polar surface area (TPSA) is 21.3 Å². The van der Waals surface area contributed by atoms with E-state index in [-0.39, 0.29) is 5.82 Å². The summed E-state index contributed by atoms with van der Waals surface area (Å²) < 4.78 is 18.0. The summed E-state index contributed by atoms with van der Waals surface area (Å²) in [5.41, 5.74) is 0. The van der Waals surface area contributed by atoms with Crippen LogP contribution >= 0.6 is 11.6 Å². The first-order valence-electron chi connectivity index (χ1n) is 4.46. The Labute approximate surface area is 88.0 Å². The third-order valence-electron chi connectivity index (χ3n) is 1.72. The highest BCUT2D eigenvalue weighted by atomic mass is 35.5. The van der Waals surface area contributed by atoms with Crippen LogP contribution in [0.4, 0.5) is 4.39 Å². The van der Waals surface area contributed by atoms with E-state index >= 15 is 0 Å². The van der Waals surface area contributed by atoms with Crippen LogP contribution in [0.1, 0.15) is 6.42 Å². The minimum Gasteiger partial charge on any atom is -0.492 e. The van der Waals surface area contributed by atoms with Gasteiger partial charge in [-0.3, -0.25) is 0 Å². The van der Waals surface area contributed by atoms with Crippen molar-refractivity contribution in [1.82, 2.24) is 5.32 Å². The third-order valence-corrected chi connectivity index (χ3v) is 2.02. The molecule has 0 unspecified atom stereocenters. The van der Waals surface area contributed by atoms with E-state index in [1.54, 1.807) is 0 Å². The molecule has 78 valence electrons. The van der Waals surface area contributed by atoms with Gasteiger partial charge in [0.15, 0.2) is 0 Å². The summed E-state index contributed by atoms with van der Waals surface area (Å²) >= 11 is 5.76. The Hall–Kier alpha value is -0.800. The molecule has 0 spiro atoms. The van der Waals surface area contributed by atoms with E-state index in [1.165, 1.54) is 18.2 Å². The second kappa shape index (κ2) is 5.83. The Morgan fingerprint density at radius 1 is 1.50 bits per heavy atom. The summed E-state index contributed by atoms with van der Waals surface area (Å²) in [7, 11) is 1.88. The van der Waals surface area contributed by atoms with Gasteiger partial charge in [0.1, 0.15) is 11.6 Å². The van der Waals surface area contributed by atoms with Gasteiger partial charge in [0.25, 0.3) is 0 Å². The van der Waals surface area contributed by atoms with Gasteiger partial charge in [-0.05, 0) is 38.2 Å². The molecule has 2 nitrogen and oxygen atoms in total. The molecule has 0 saturated heterocycles. The fourth-order valence-electron chi connectivity index (χ4n) is 1.02. The first-order valence-corrected chi connectivity index (χ1v) is 4.84. The van der Waals surface area contributed by atoms with Crippen molar-refractivity contribution in [3.05, 3.63) is 29.0 Å². The van der Waals surface area contributed by atoms with Crippen LogP contribution in [-0.4, -0.2) is 20.2 Å². The van der Waals surface area contributed by atoms with Crippen LogP contribution in [0.5, 0.6) is 5.75 Å². The van der Waals surface area contributed by atoms with Crippen molar-refractivity contribution in [3.8, 4) is 5.75 Å². The van der Waals surface area contributed by atoms with Crippen LogP contribution in [0.25, 0.3) is 0 Å². The Bertz CT molecular complexity index is 293. The number of hydrogen-bond donors (Lipinski definition) is 1. The number of rotatable bonds is 5. The Balaban J connectivity index is 2.42. The second-order valence-electron chi connectivity index (χ2n) is 2.88. The summed E-state index contributed by atoms with van der Waals surface area (Å²) in [4.78, 5) is 0. The van der Waals surface area contributed by atoms with Crippen molar-refractivity contribution in [2.75, 3.05) is 20.2 Å². The van der Waals surface area contributed by atoms with Crippen molar-refractivity contribution in [1.29, 1.82) is 0 Å². The molecule has 0 aromatic heterocycles. The molecule has 14 heavy (non-hydrogen) atoms. The summed E-state index contributed by atoms with van der Waals surface area (Å²) in [6.07, 6.45) is 0.893.